The van der Waals surface area contributed by atoms with Gasteiger partial charge in [0.05, 0.1) is 12.2 Å². The number of anilines is 1. The Hall–Kier alpha value is -3.22. The number of pyridine rings is 1. The summed E-state index contributed by atoms with van der Waals surface area (Å²) in [6, 6.07) is 20.1. The number of nitrogens with zero attached hydrogens (tertiary/aromatic N) is 4. The number of aryl methyl sites for hydroxylation is 1. The number of carbonyl (C=O) groups is 1. The Kier molecular flexibility index (Phi) is 7.14. The number of rotatable bonds is 8. The van der Waals surface area contributed by atoms with Gasteiger partial charge in [-0.2, -0.15) is 4.98 Å². The van der Waals surface area contributed by atoms with E-state index in [1.54, 1.807) is 35.4 Å². The van der Waals surface area contributed by atoms with Crippen LogP contribution in [0, 0.1) is 0 Å². The molecule has 0 aliphatic heterocycles. The molecule has 6 nitrogen and oxygen atoms in total. The maximum Gasteiger partial charge on any atom is 0.227 e. The van der Waals surface area contributed by atoms with Gasteiger partial charge in [0.1, 0.15) is 0 Å². The number of carbonyl (C=O) groups excluding carboxylic acids is 1. The molecule has 0 aliphatic carbocycles. The molecular weight excluding hydrogens is 447 g/mol. The molecular formula is C24H20Cl2N4O2. The molecule has 0 aliphatic rings. The van der Waals surface area contributed by atoms with Gasteiger partial charge in [-0.15, -0.1) is 0 Å². The van der Waals surface area contributed by atoms with Crippen LogP contribution in [0.3, 0.4) is 0 Å². The topological polar surface area (TPSA) is 72.1 Å². The van der Waals surface area contributed by atoms with Crippen molar-refractivity contribution in [3.05, 3.63) is 94.6 Å². The van der Waals surface area contributed by atoms with E-state index in [1.165, 1.54) is 0 Å². The van der Waals surface area contributed by atoms with Crippen LogP contribution in [0.2, 0.25) is 10.0 Å². The molecule has 0 bridgehead atoms. The second-order valence-electron chi connectivity index (χ2n) is 7.15. The van der Waals surface area contributed by atoms with Gasteiger partial charge >= 0.3 is 0 Å². The van der Waals surface area contributed by atoms with Gasteiger partial charge in [-0.3, -0.25) is 9.78 Å². The summed E-state index contributed by atoms with van der Waals surface area (Å²) in [5.41, 5.74) is 2.40. The van der Waals surface area contributed by atoms with Crippen molar-refractivity contribution in [2.75, 3.05) is 4.90 Å². The Labute approximate surface area is 195 Å². The Balaban J connectivity index is 1.40. The predicted molar refractivity (Wildman–Crippen MR) is 125 cm³/mol. The minimum atomic E-state index is -0.0181. The van der Waals surface area contributed by atoms with Crippen molar-refractivity contribution >= 4 is 34.8 Å². The van der Waals surface area contributed by atoms with Crippen LogP contribution in [-0.2, 0) is 17.8 Å². The quantitative estimate of drug-likeness (QED) is 0.318. The maximum absolute atomic E-state index is 13.1. The number of hydrogen-bond acceptors (Lipinski definition) is 5. The summed E-state index contributed by atoms with van der Waals surface area (Å²) in [6.45, 7) is 0.378. The first-order valence-electron chi connectivity index (χ1n) is 10.1. The Morgan fingerprint density at radius 2 is 1.66 bits per heavy atom. The fraction of sp³-hybridized carbons (Fsp3) is 0.167. The highest BCUT2D eigenvalue weighted by Crippen LogP contribution is 2.22. The molecule has 2 heterocycles. The van der Waals surface area contributed by atoms with Crippen LogP contribution in [0.4, 0.5) is 5.69 Å². The lowest BCUT2D eigenvalue weighted by Crippen LogP contribution is -2.30. The lowest BCUT2D eigenvalue weighted by atomic mass is 10.2. The van der Waals surface area contributed by atoms with Crippen LogP contribution in [0.25, 0.3) is 11.4 Å². The first-order valence-corrected chi connectivity index (χ1v) is 10.9. The van der Waals surface area contributed by atoms with E-state index in [0.717, 1.165) is 16.9 Å². The summed E-state index contributed by atoms with van der Waals surface area (Å²) in [7, 11) is 0. The van der Waals surface area contributed by atoms with E-state index < -0.39 is 0 Å². The summed E-state index contributed by atoms with van der Waals surface area (Å²) in [5, 5.41) is 5.28. The van der Waals surface area contributed by atoms with Crippen molar-refractivity contribution in [1.82, 2.24) is 15.1 Å². The standard InChI is InChI=1S/C24H20Cl2N4O2/c25-18-9-7-17(8-10-18)24-28-22(32-29-24)5-3-6-23(31)30(16-20-4-1-2-15-27-20)21-13-11-19(26)12-14-21/h1-2,4,7-15H,3,5-6,16H2. The van der Waals surface area contributed by atoms with Crippen LogP contribution in [0.15, 0.2) is 77.4 Å². The van der Waals surface area contributed by atoms with Gasteiger partial charge in [0.25, 0.3) is 0 Å². The molecule has 1 amide bonds. The molecule has 4 aromatic rings. The third-order valence-corrected chi connectivity index (χ3v) is 5.34. The van der Waals surface area contributed by atoms with Gasteiger partial charge in [-0.1, -0.05) is 34.4 Å². The zero-order valence-electron chi connectivity index (χ0n) is 17.1. The summed E-state index contributed by atoms with van der Waals surface area (Å²) in [6.07, 6.45) is 3.12. The van der Waals surface area contributed by atoms with E-state index in [0.29, 0.717) is 47.6 Å². The molecule has 0 saturated heterocycles. The van der Waals surface area contributed by atoms with Crippen molar-refractivity contribution in [2.24, 2.45) is 0 Å². The molecule has 8 heteroatoms. The molecule has 162 valence electrons. The average molecular weight is 467 g/mol. The van der Waals surface area contributed by atoms with Gasteiger partial charge < -0.3 is 9.42 Å². The Morgan fingerprint density at radius 1 is 0.938 bits per heavy atom. The minimum absolute atomic E-state index is 0.0181. The van der Waals surface area contributed by atoms with E-state index in [2.05, 4.69) is 15.1 Å². The molecule has 0 spiro atoms. The Bertz CT molecular complexity index is 1160. The summed E-state index contributed by atoms with van der Waals surface area (Å²) < 4.78 is 5.34. The lowest BCUT2D eigenvalue weighted by Gasteiger charge is -2.22. The van der Waals surface area contributed by atoms with Crippen molar-refractivity contribution in [3.63, 3.8) is 0 Å². The fourth-order valence-corrected chi connectivity index (χ4v) is 3.45. The van der Waals surface area contributed by atoms with Crippen molar-refractivity contribution in [3.8, 4) is 11.4 Å². The lowest BCUT2D eigenvalue weighted by molar-refractivity contribution is -0.118. The second-order valence-corrected chi connectivity index (χ2v) is 8.02. The Morgan fingerprint density at radius 3 is 2.34 bits per heavy atom. The van der Waals surface area contributed by atoms with Gasteiger partial charge in [0.2, 0.25) is 17.6 Å². The molecule has 0 saturated carbocycles. The zero-order chi connectivity index (χ0) is 22.3. The second kappa shape index (κ2) is 10.4. The van der Waals surface area contributed by atoms with Crippen LogP contribution in [0.1, 0.15) is 24.4 Å². The number of amides is 1. The maximum atomic E-state index is 13.1. The fourth-order valence-electron chi connectivity index (χ4n) is 3.20. The highest BCUT2D eigenvalue weighted by molar-refractivity contribution is 6.30. The van der Waals surface area contributed by atoms with E-state index in [-0.39, 0.29) is 5.91 Å². The highest BCUT2D eigenvalue weighted by atomic mass is 35.5. The van der Waals surface area contributed by atoms with E-state index in [1.807, 2.05) is 42.5 Å². The smallest absolute Gasteiger partial charge is 0.227 e. The van der Waals surface area contributed by atoms with Gasteiger partial charge in [-0.05, 0) is 67.1 Å². The van der Waals surface area contributed by atoms with Crippen molar-refractivity contribution in [1.29, 1.82) is 0 Å². The molecule has 0 fully saturated rings. The SMILES string of the molecule is O=C(CCCc1nc(-c2ccc(Cl)cc2)no1)N(Cc1ccccn1)c1ccc(Cl)cc1. The molecule has 0 unspecified atom stereocenters. The van der Waals surface area contributed by atoms with Gasteiger partial charge in [0, 0.05) is 40.3 Å². The number of aromatic nitrogens is 3. The molecule has 0 N–H and O–H groups in total. The van der Waals surface area contributed by atoms with Crippen LogP contribution >= 0.6 is 23.2 Å². The molecule has 2 aromatic heterocycles. The monoisotopic (exact) mass is 466 g/mol. The third-order valence-electron chi connectivity index (χ3n) is 4.84. The molecule has 0 radical (unpaired) electrons. The van der Waals surface area contributed by atoms with Crippen LogP contribution in [-0.4, -0.2) is 21.0 Å². The molecule has 32 heavy (non-hydrogen) atoms. The van der Waals surface area contributed by atoms with Crippen LogP contribution < -0.4 is 4.90 Å². The average Bonchev–Trinajstić information content (AvgIpc) is 3.28. The first-order chi connectivity index (χ1) is 15.6. The molecule has 4 rings (SSSR count). The summed E-state index contributed by atoms with van der Waals surface area (Å²) in [4.78, 5) is 23.5. The van der Waals surface area contributed by atoms with Crippen molar-refractivity contribution in [2.45, 2.75) is 25.8 Å². The minimum Gasteiger partial charge on any atom is -0.339 e. The number of halogens is 2. The normalized spacial score (nSPS) is 10.8. The van der Waals surface area contributed by atoms with E-state index >= 15 is 0 Å². The predicted octanol–water partition coefficient (Wildman–Crippen LogP) is 5.99. The largest absolute Gasteiger partial charge is 0.339 e. The highest BCUT2D eigenvalue weighted by Gasteiger charge is 2.17. The number of benzene rings is 2. The third kappa shape index (κ3) is 5.72. The van der Waals surface area contributed by atoms with Crippen molar-refractivity contribution < 1.29 is 9.32 Å². The summed E-state index contributed by atoms with van der Waals surface area (Å²) in [5.74, 6) is 0.974. The summed E-state index contributed by atoms with van der Waals surface area (Å²) >= 11 is 11.9. The van der Waals surface area contributed by atoms with Gasteiger partial charge in [0.15, 0.2) is 0 Å². The van der Waals surface area contributed by atoms with Gasteiger partial charge in [-0.25, -0.2) is 0 Å². The molecule has 0 atom stereocenters. The number of hydrogen-bond donors (Lipinski definition) is 0. The molecule has 2 aromatic carbocycles. The zero-order valence-corrected chi connectivity index (χ0v) is 18.6. The van der Waals surface area contributed by atoms with E-state index in [9.17, 15) is 4.79 Å². The van der Waals surface area contributed by atoms with Crippen LogP contribution in [0.5, 0.6) is 0 Å². The first kappa shape index (κ1) is 22.0. The van der Waals surface area contributed by atoms with E-state index in [4.69, 9.17) is 27.7 Å².